The number of likely N-dealkylation sites (tertiary alicyclic amines) is 1. The minimum Gasteiger partial charge on any atom is -0.362 e. The Balaban J connectivity index is 1.33. The molecule has 1 atom stereocenters. The Bertz CT molecular complexity index is 1350. The predicted octanol–water partition coefficient (Wildman–Crippen LogP) is 4.52. The summed E-state index contributed by atoms with van der Waals surface area (Å²) in [6.45, 7) is 5.08. The molecule has 6 rings (SSSR count). The highest BCUT2D eigenvalue weighted by atomic mass is 32.2. The second kappa shape index (κ2) is 9.32. The molecule has 1 saturated heterocycles. The lowest BCUT2D eigenvalue weighted by molar-refractivity contribution is -0.0276. The molecular formula is C28H34N4O3S. The molecule has 190 valence electrons. The Hall–Kier alpha value is -2.68. The third kappa shape index (κ3) is 4.58. The van der Waals surface area contributed by atoms with Gasteiger partial charge in [-0.3, -0.25) is 4.72 Å². The number of nitrogens with zero attached hydrogens (tertiary/aromatic N) is 3. The normalized spacial score (nSPS) is 21.0. The van der Waals surface area contributed by atoms with Gasteiger partial charge in [0.2, 0.25) is 10.0 Å². The van der Waals surface area contributed by atoms with Crippen molar-refractivity contribution in [2.45, 2.75) is 63.0 Å². The summed E-state index contributed by atoms with van der Waals surface area (Å²) in [6, 6.07) is 16.2. The van der Waals surface area contributed by atoms with Gasteiger partial charge in [0.25, 0.3) is 0 Å². The molecule has 1 saturated carbocycles. The minimum absolute atomic E-state index is 0.200. The summed E-state index contributed by atoms with van der Waals surface area (Å²) in [6.07, 6.45) is 4.50. The predicted molar refractivity (Wildman–Crippen MR) is 142 cm³/mol. The van der Waals surface area contributed by atoms with Crippen molar-refractivity contribution < 1.29 is 13.2 Å². The van der Waals surface area contributed by atoms with Gasteiger partial charge in [-0.2, -0.15) is 0 Å². The number of hydrogen-bond donors (Lipinski definition) is 1. The number of ether oxygens (including phenoxy) is 1. The molecule has 0 spiro atoms. The molecule has 3 aromatic rings. The fraction of sp³-hybridized carbons (Fsp3) is 0.464. The lowest BCUT2D eigenvalue weighted by atomic mass is 10.00. The van der Waals surface area contributed by atoms with Crippen LogP contribution in [0.5, 0.6) is 0 Å². The van der Waals surface area contributed by atoms with Gasteiger partial charge in [0.15, 0.2) is 0 Å². The van der Waals surface area contributed by atoms with Crippen LogP contribution in [0.4, 0.5) is 5.69 Å². The van der Waals surface area contributed by atoms with Gasteiger partial charge in [-0.05, 0) is 69.3 Å². The van der Waals surface area contributed by atoms with Gasteiger partial charge in [0.1, 0.15) is 11.9 Å². The van der Waals surface area contributed by atoms with E-state index in [1.54, 1.807) is 0 Å². The maximum absolute atomic E-state index is 12.3. The molecule has 2 fully saturated rings. The van der Waals surface area contributed by atoms with Crippen LogP contribution in [-0.4, -0.2) is 54.4 Å². The summed E-state index contributed by atoms with van der Waals surface area (Å²) >= 11 is 0. The molecule has 0 amide bonds. The van der Waals surface area contributed by atoms with Crippen LogP contribution in [0.15, 0.2) is 48.5 Å². The maximum atomic E-state index is 12.3. The summed E-state index contributed by atoms with van der Waals surface area (Å²) in [4.78, 5) is 7.53. The van der Waals surface area contributed by atoms with Crippen molar-refractivity contribution in [3.63, 3.8) is 0 Å². The largest absolute Gasteiger partial charge is 0.362 e. The molecule has 3 heterocycles. The molecule has 7 nitrogen and oxygen atoms in total. The first-order valence-electron chi connectivity index (χ1n) is 13.0. The van der Waals surface area contributed by atoms with Gasteiger partial charge in [-0.25, -0.2) is 13.4 Å². The zero-order chi connectivity index (χ0) is 24.9. The Morgan fingerprint density at radius 3 is 2.42 bits per heavy atom. The molecule has 36 heavy (non-hydrogen) atoms. The van der Waals surface area contributed by atoms with E-state index in [9.17, 15) is 8.42 Å². The number of fused-ring (bicyclic) bond motifs is 2. The average Bonchev–Trinajstić information content (AvgIpc) is 3.70. The van der Waals surface area contributed by atoms with Gasteiger partial charge in [0.05, 0.1) is 17.0 Å². The summed E-state index contributed by atoms with van der Waals surface area (Å²) in [7, 11) is -1.11. The van der Waals surface area contributed by atoms with Crippen LogP contribution >= 0.6 is 0 Å². The smallest absolute Gasteiger partial charge is 0.235 e. The third-order valence-electron chi connectivity index (χ3n) is 7.80. The second-order valence-electron chi connectivity index (χ2n) is 10.4. The van der Waals surface area contributed by atoms with E-state index < -0.39 is 10.0 Å². The fourth-order valence-electron chi connectivity index (χ4n) is 5.47. The molecule has 3 aliphatic rings. The third-order valence-corrected chi connectivity index (χ3v) is 9.67. The molecule has 1 N–H and O–H groups in total. The topological polar surface area (TPSA) is 76.5 Å². The SMILES string of the molecule is Cc1c(-c2ccc(NS(=O)(=O)C3CC3)cc2)nc2n1CCc1ccccc1C2OC1CCN(C)CC1. The summed E-state index contributed by atoms with van der Waals surface area (Å²) in [5.41, 5.74) is 6.17. The number of sulfonamides is 1. The second-order valence-corrected chi connectivity index (χ2v) is 12.4. The Labute approximate surface area is 213 Å². The van der Waals surface area contributed by atoms with Crippen LogP contribution in [-0.2, 0) is 27.7 Å². The molecule has 8 heteroatoms. The van der Waals surface area contributed by atoms with Gasteiger partial charge in [-0.15, -0.1) is 0 Å². The average molecular weight is 507 g/mol. The standard InChI is InChI=1S/C28H34N4O3S/c1-19-26(21-7-9-22(10-8-21)30-36(33,34)24-11-12-24)29-28-27(35-23-14-16-31(2)17-15-23)25-6-4-3-5-20(25)13-18-32(19)28/h3-10,23-24,27,30H,11-18H2,1-2H3. The van der Waals surface area contributed by atoms with Crippen molar-refractivity contribution in [1.29, 1.82) is 0 Å². The van der Waals surface area contributed by atoms with Gasteiger partial charge in [0, 0.05) is 36.6 Å². The molecule has 1 unspecified atom stereocenters. The van der Waals surface area contributed by atoms with E-state index in [1.165, 1.54) is 11.1 Å². The molecule has 0 radical (unpaired) electrons. The van der Waals surface area contributed by atoms with Crippen molar-refractivity contribution in [3.8, 4) is 11.3 Å². The minimum atomic E-state index is -3.27. The highest BCUT2D eigenvalue weighted by molar-refractivity contribution is 7.93. The Morgan fingerprint density at radius 2 is 1.69 bits per heavy atom. The molecule has 0 bridgehead atoms. The van der Waals surface area contributed by atoms with Crippen LogP contribution in [0.25, 0.3) is 11.3 Å². The number of hydrogen-bond acceptors (Lipinski definition) is 5. The van der Waals surface area contributed by atoms with E-state index in [-0.39, 0.29) is 17.5 Å². The van der Waals surface area contributed by atoms with E-state index in [0.29, 0.717) is 5.69 Å². The highest BCUT2D eigenvalue weighted by Gasteiger charge is 2.36. The first-order valence-corrected chi connectivity index (χ1v) is 14.5. The monoisotopic (exact) mass is 506 g/mol. The van der Waals surface area contributed by atoms with E-state index >= 15 is 0 Å². The van der Waals surface area contributed by atoms with Crippen molar-refractivity contribution in [2.24, 2.45) is 0 Å². The maximum Gasteiger partial charge on any atom is 0.235 e. The first-order chi connectivity index (χ1) is 17.4. The number of anilines is 1. The number of benzene rings is 2. The van der Waals surface area contributed by atoms with Gasteiger partial charge < -0.3 is 14.2 Å². The summed E-state index contributed by atoms with van der Waals surface area (Å²) in [5, 5.41) is -0.243. The van der Waals surface area contributed by atoms with Crippen LogP contribution < -0.4 is 4.72 Å². The quantitative estimate of drug-likeness (QED) is 0.532. The lowest BCUT2D eigenvalue weighted by Crippen LogP contribution is -2.35. The molecular weight excluding hydrogens is 472 g/mol. The fourth-order valence-corrected chi connectivity index (χ4v) is 6.86. The van der Waals surface area contributed by atoms with Crippen LogP contribution in [0, 0.1) is 6.92 Å². The molecule has 2 aliphatic heterocycles. The van der Waals surface area contributed by atoms with Crippen molar-refractivity contribution in [3.05, 3.63) is 71.2 Å². The number of aryl methyl sites for hydroxylation is 1. The van der Waals surface area contributed by atoms with Crippen molar-refractivity contribution >= 4 is 15.7 Å². The zero-order valence-corrected chi connectivity index (χ0v) is 21.8. The summed E-state index contributed by atoms with van der Waals surface area (Å²) in [5.74, 6) is 0.963. The lowest BCUT2D eigenvalue weighted by Gasteiger charge is -2.32. The van der Waals surface area contributed by atoms with Crippen LogP contribution in [0.3, 0.4) is 0 Å². The number of aromatic nitrogens is 2. The van der Waals surface area contributed by atoms with E-state index in [1.807, 2.05) is 24.3 Å². The van der Waals surface area contributed by atoms with Crippen molar-refractivity contribution in [2.75, 3.05) is 24.9 Å². The number of imidazole rings is 1. The first kappa shape index (κ1) is 23.7. The Morgan fingerprint density at radius 1 is 0.972 bits per heavy atom. The molecule has 1 aromatic heterocycles. The summed E-state index contributed by atoms with van der Waals surface area (Å²) < 4.78 is 36.5. The van der Waals surface area contributed by atoms with Crippen LogP contribution in [0.1, 0.15) is 54.4 Å². The van der Waals surface area contributed by atoms with E-state index in [0.717, 1.165) is 74.5 Å². The van der Waals surface area contributed by atoms with Gasteiger partial charge >= 0.3 is 0 Å². The molecule has 2 aromatic carbocycles. The Kier molecular flexibility index (Phi) is 6.14. The highest BCUT2D eigenvalue weighted by Crippen LogP contribution is 2.38. The zero-order valence-electron chi connectivity index (χ0n) is 21.0. The number of rotatable bonds is 6. The molecule has 1 aliphatic carbocycles. The van der Waals surface area contributed by atoms with Gasteiger partial charge in [-0.1, -0.05) is 36.4 Å². The van der Waals surface area contributed by atoms with Crippen molar-refractivity contribution in [1.82, 2.24) is 14.5 Å². The number of piperidine rings is 1. The number of nitrogens with one attached hydrogen (secondary N) is 1. The van der Waals surface area contributed by atoms with E-state index in [4.69, 9.17) is 9.72 Å². The van der Waals surface area contributed by atoms with Crippen LogP contribution in [0.2, 0.25) is 0 Å². The van der Waals surface area contributed by atoms with E-state index in [2.05, 4.69) is 52.4 Å².